The number of benzene rings is 1. The molecule has 0 bridgehead atoms. The Morgan fingerprint density at radius 3 is 2.82 bits per heavy atom. The Bertz CT molecular complexity index is 1220. The van der Waals surface area contributed by atoms with Crippen molar-refractivity contribution in [3.63, 3.8) is 0 Å². The normalized spacial score (nSPS) is 14.6. The first-order valence-corrected chi connectivity index (χ1v) is 11.6. The van der Waals surface area contributed by atoms with E-state index in [1.54, 1.807) is 0 Å². The fourth-order valence-electron chi connectivity index (χ4n) is 4.19. The summed E-state index contributed by atoms with van der Waals surface area (Å²) >= 11 is 0. The summed E-state index contributed by atoms with van der Waals surface area (Å²) in [5.41, 5.74) is 4.93. The van der Waals surface area contributed by atoms with Crippen LogP contribution in [0.1, 0.15) is 19.4 Å². The van der Waals surface area contributed by atoms with Gasteiger partial charge in [0.15, 0.2) is 5.75 Å². The topological polar surface area (TPSA) is 95.9 Å². The van der Waals surface area contributed by atoms with Crippen LogP contribution in [0.3, 0.4) is 0 Å². The second-order valence-corrected chi connectivity index (χ2v) is 8.14. The molecule has 9 heteroatoms. The van der Waals surface area contributed by atoms with Gasteiger partial charge in [0.1, 0.15) is 11.3 Å². The standard InChI is InChI=1S/C24H30N8O/c1-3-32-16-18(14-27-32)19-5-6-20-22(23(19)33-4-2)30-24(28-20)29-21-13-17(7-8-26-21)15-31-11-9-25-10-12-31/h5-8,13-14,16,25H,3-4,9-12,15H2,1-2H3,(H2,26,28,29,30). The number of rotatable bonds is 8. The van der Waals surface area contributed by atoms with E-state index in [9.17, 15) is 0 Å². The van der Waals surface area contributed by atoms with Gasteiger partial charge in [0.25, 0.3) is 0 Å². The molecule has 9 nitrogen and oxygen atoms in total. The number of imidazole rings is 1. The molecule has 0 saturated carbocycles. The van der Waals surface area contributed by atoms with Gasteiger partial charge >= 0.3 is 0 Å². The first-order valence-electron chi connectivity index (χ1n) is 11.6. The molecular weight excluding hydrogens is 416 g/mol. The number of ether oxygens (including phenoxy) is 1. The van der Waals surface area contributed by atoms with Gasteiger partial charge in [0.05, 0.1) is 18.3 Å². The summed E-state index contributed by atoms with van der Waals surface area (Å²) in [5, 5.41) is 11.1. The van der Waals surface area contributed by atoms with Crippen LogP contribution in [0, 0.1) is 0 Å². The molecule has 4 aromatic rings. The molecule has 0 aliphatic carbocycles. The van der Waals surface area contributed by atoms with Crippen LogP contribution in [0.5, 0.6) is 5.75 Å². The predicted octanol–water partition coefficient (Wildman–Crippen LogP) is 3.39. The molecule has 0 atom stereocenters. The highest BCUT2D eigenvalue weighted by Crippen LogP contribution is 2.36. The molecule has 172 valence electrons. The number of piperazine rings is 1. The number of anilines is 2. The molecule has 1 aliphatic heterocycles. The zero-order valence-corrected chi connectivity index (χ0v) is 19.1. The number of aryl methyl sites for hydroxylation is 1. The molecule has 33 heavy (non-hydrogen) atoms. The maximum absolute atomic E-state index is 6.04. The second kappa shape index (κ2) is 9.60. The van der Waals surface area contributed by atoms with Gasteiger partial charge in [-0.05, 0) is 43.7 Å². The zero-order chi connectivity index (χ0) is 22.6. The summed E-state index contributed by atoms with van der Waals surface area (Å²) < 4.78 is 7.95. The first kappa shape index (κ1) is 21.4. The first-order chi connectivity index (χ1) is 16.2. The minimum atomic E-state index is 0.555. The number of hydrogen-bond donors (Lipinski definition) is 3. The molecule has 3 N–H and O–H groups in total. The van der Waals surface area contributed by atoms with E-state index in [0.29, 0.717) is 12.6 Å². The van der Waals surface area contributed by atoms with E-state index in [0.717, 1.165) is 73.0 Å². The minimum absolute atomic E-state index is 0.555. The van der Waals surface area contributed by atoms with Crippen LogP contribution in [-0.4, -0.2) is 62.4 Å². The van der Waals surface area contributed by atoms with Crippen molar-refractivity contribution in [3.05, 3.63) is 48.4 Å². The molecule has 5 rings (SSSR count). The molecule has 1 aliphatic rings. The molecule has 1 aromatic carbocycles. The van der Waals surface area contributed by atoms with Crippen LogP contribution < -0.4 is 15.4 Å². The van der Waals surface area contributed by atoms with Gasteiger partial charge in [-0.25, -0.2) is 9.97 Å². The van der Waals surface area contributed by atoms with E-state index in [4.69, 9.17) is 9.72 Å². The summed E-state index contributed by atoms with van der Waals surface area (Å²) in [6.07, 6.45) is 5.74. The summed E-state index contributed by atoms with van der Waals surface area (Å²) in [6, 6.07) is 8.24. The lowest BCUT2D eigenvalue weighted by atomic mass is 10.1. The lowest BCUT2D eigenvalue weighted by Gasteiger charge is -2.27. The Balaban J connectivity index is 1.41. The van der Waals surface area contributed by atoms with Crippen molar-refractivity contribution in [1.82, 2.24) is 34.9 Å². The lowest BCUT2D eigenvalue weighted by Crippen LogP contribution is -2.42. The molecule has 1 saturated heterocycles. The quantitative estimate of drug-likeness (QED) is 0.382. The Morgan fingerprint density at radius 1 is 1.15 bits per heavy atom. The van der Waals surface area contributed by atoms with Crippen molar-refractivity contribution in [2.75, 3.05) is 38.1 Å². The molecule has 0 spiro atoms. The van der Waals surface area contributed by atoms with E-state index in [1.807, 2.05) is 36.3 Å². The van der Waals surface area contributed by atoms with Crippen LogP contribution in [0.15, 0.2) is 42.9 Å². The monoisotopic (exact) mass is 446 g/mol. The number of H-pyrrole nitrogens is 1. The number of nitrogens with one attached hydrogen (secondary N) is 3. The Hall–Kier alpha value is -3.43. The summed E-state index contributed by atoms with van der Waals surface area (Å²) in [4.78, 5) is 15.1. The molecule has 4 heterocycles. The number of aromatic nitrogens is 5. The third-order valence-corrected chi connectivity index (χ3v) is 5.85. The predicted molar refractivity (Wildman–Crippen MR) is 130 cm³/mol. The zero-order valence-electron chi connectivity index (χ0n) is 19.1. The maximum Gasteiger partial charge on any atom is 0.207 e. The largest absolute Gasteiger partial charge is 0.491 e. The van der Waals surface area contributed by atoms with E-state index >= 15 is 0 Å². The molecule has 0 unspecified atom stereocenters. The van der Waals surface area contributed by atoms with Gasteiger partial charge in [0, 0.05) is 62.8 Å². The van der Waals surface area contributed by atoms with Crippen LogP contribution in [0.2, 0.25) is 0 Å². The lowest BCUT2D eigenvalue weighted by molar-refractivity contribution is 0.233. The fourth-order valence-corrected chi connectivity index (χ4v) is 4.19. The molecule has 1 fully saturated rings. The molecular formula is C24H30N8O. The van der Waals surface area contributed by atoms with Gasteiger partial charge in [-0.3, -0.25) is 9.58 Å². The summed E-state index contributed by atoms with van der Waals surface area (Å²) in [6.45, 7) is 10.6. The van der Waals surface area contributed by atoms with Gasteiger partial charge < -0.3 is 20.4 Å². The molecule has 0 radical (unpaired) electrons. The van der Waals surface area contributed by atoms with Crippen molar-refractivity contribution >= 4 is 22.8 Å². The van der Waals surface area contributed by atoms with E-state index in [1.165, 1.54) is 5.56 Å². The van der Waals surface area contributed by atoms with Crippen LogP contribution in [-0.2, 0) is 13.1 Å². The SMILES string of the molecule is CCOc1c(-c2cnn(CC)c2)ccc2[nH]c(Nc3cc(CN4CCNCC4)ccn3)nc12. The van der Waals surface area contributed by atoms with E-state index in [-0.39, 0.29) is 0 Å². The Kier molecular flexibility index (Phi) is 6.23. The van der Waals surface area contributed by atoms with Crippen molar-refractivity contribution < 1.29 is 4.74 Å². The van der Waals surface area contributed by atoms with Crippen LogP contribution >= 0.6 is 0 Å². The van der Waals surface area contributed by atoms with Gasteiger partial charge in [-0.15, -0.1) is 0 Å². The van der Waals surface area contributed by atoms with Crippen LogP contribution in [0.4, 0.5) is 11.8 Å². The number of nitrogens with zero attached hydrogens (tertiary/aromatic N) is 5. The van der Waals surface area contributed by atoms with Crippen molar-refractivity contribution in [2.45, 2.75) is 26.9 Å². The van der Waals surface area contributed by atoms with Crippen molar-refractivity contribution in [1.29, 1.82) is 0 Å². The number of fused-ring (bicyclic) bond motifs is 1. The average Bonchev–Trinajstić information content (AvgIpc) is 3.47. The molecule has 0 amide bonds. The number of pyridine rings is 1. The van der Waals surface area contributed by atoms with Crippen molar-refractivity contribution in [3.8, 4) is 16.9 Å². The third kappa shape index (κ3) is 4.69. The van der Waals surface area contributed by atoms with Gasteiger partial charge in [-0.1, -0.05) is 0 Å². The highest BCUT2D eigenvalue weighted by Gasteiger charge is 2.17. The van der Waals surface area contributed by atoms with E-state index in [2.05, 4.69) is 55.7 Å². The summed E-state index contributed by atoms with van der Waals surface area (Å²) in [7, 11) is 0. The fraction of sp³-hybridized carbons (Fsp3) is 0.375. The number of hydrogen-bond acceptors (Lipinski definition) is 7. The average molecular weight is 447 g/mol. The van der Waals surface area contributed by atoms with Gasteiger partial charge in [0.2, 0.25) is 5.95 Å². The van der Waals surface area contributed by atoms with Crippen LogP contribution in [0.25, 0.3) is 22.2 Å². The maximum atomic E-state index is 6.04. The second-order valence-electron chi connectivity index (χ2n) is 8.14. The van der Waals surface area contributed by atoms with Crippen molar-refractivity contribution in [2.24, 2.45) is 0 Å². The highest BCUT2D eigenvalue weighted by atomic mass is 16.5. The third-order valence-electron chi connectivity index (χ3n) is 5.85. The smallest absolute Gasteiger partial charge is 0.207 e. The minimum Gasteiger partial charge on any atom is -0.491 e. The summed E-state index contributed by atoms with van der Waals surface area (Å²) in [5.74, 6) is 2.17. The highest BCUT2D eigenvalue weighted by molar-refractivity contribution is 5.91. The Morgan fingerprint density at radius 2 is 2.03 bits per heavy atom. The Labute approximate surface area is 193 Å². The molecule has 3 aromatic heterocycles. The number of aromatic amines is 1. The van der Waals surface area contributed by atoms with E-state index < -0.39 is 0 Å². The van der Waals surface area contributed by atoms with Gasteiger partial charge in [-0.2, -0.15) is 5.10 Å².